The largest absolute Gasteiger partial charge is 0.480 e. The molecule has 7 nitrogen and oxygen atoms in total. The van der Waals surface area contributed by atoms with Crippen LogP contribution in [-0.4, -0.2) is 82.4 Å². The van der Waals surface area contributed by atoms with Crippen LogP contribution in [0.4, 0.5) is 0 Å². The molecule has 0 aliphatic rings. The molecule has 0 amide bonds. The summed E-state index contributed by atoms with van der Waals surface area (Å²) in [6.45, 7) is 6.05. The fraction of sp³-hybridized carbons (Fsp3) is 0.926. The van der Waals surface area contributed by atoms with E-state index in [0.29, 0.717) is 13.1 Å². The number of aliphatic carboxylic acids is 2. The molecule has 0 aromatic carbocycles. The first-order chi connectivity index (χ1) is 16.4. The normalized spacial score (nSPS) is 11.7. The lowest BCUT2D eigenvalue weighted by Crippen LogP contribution is -2.44. The van der Waals surface area contributed by atoms with Crippen molar-refractivity contribution in [1.82, 2.24) is 9.80 Å². The van der Waals surface area contributed by atoms with Gasteiger partial charge >= 0.3 is 11.9 Å². The van der Waals surface area contributed by atoms with Gasteiger partial charge in [0.15, 0.2) is 0 Å². The summed E-state index contributed by atoms with van der Waals surface area (Å²) in [5.41, 5.74) is 0. The molecular weight excluding hydrogens is 432 g/mol. The molecule has 0 aliphatic carbocycles. The van der Waals surface area contributed by atoms with Gasteiger partial charge in [0.25, 0.3) is 0 Å². The van der Waals surface area contributed by atoms with E-state index in [0.717, 1.165) is 38.5 Å². The third-order valence-electron chi connectivity index (χ3n) is 6.31. The summed E-state index contributed by atoms with van der Waals surface area (Å²) in [4.78, 5) is 26.1. The van der Waals surface area contributed by atoms with E-state index >= 15 is 0 Å². The van der Waals surface area contributed by atoms with E-state index in [1.165, 1.54) is 64.2 Å². The van der Waals surface area contributed by atoms with Crippen molar-refractivity contribution in [3.63, 3.8) is 0 Å². The van der Waals surface area contributed by atoms with Gasteiger partial charge in [-0.3, -0.25) is 19.4 Å². The van der Waals surface area contributed by atoms with Crippen LogP contribution < -0.4 is 0 Å². The molecule has 7 heteroatoms. The van der Waals surface area contributed by atoms with Gasteiger partial charge in [-0.2, -0.15) is 0 Å². The van der Waals surface area contributed by atoms with E-state index in [2.05, 4.69) is 13.8 Å². The van der Waals surface area contributed by atoms with E-state index in [1.54, 1.807) is 9.80 Å². The van der Waals surface area contributed by atoms with Crippen LogP contribution in [0, 0.1) is 0 Å². The van der Waals surface area contributed by atoms with Gasteiger partial charge in [-0.05, 0) is 25.9 Å². The van der Waals surface area contributed by atoms with E-state index in [4.69, 9.17) is 0 Å². The number of carboxylic acid groups (broad SMARTS) is 2. The molecular formula is C27H54N2O5. The molecule has 0 unspecified atom stereocenters. The standard InChI is InChI=1S/C27H54N2O5/c1-3-5-7-9-11-13-15-17-19-28(23-26(31)32)21-25(30)22-29(24-27(33)34)20-18-16-14-12-10-8-6-4-2/h25,30H,3-24H2,1-2H3,(H,31,32)(H,33,34). The molecule has 0 aliphatic heterocycles. The lowest BCUT2D eigenvalue weighted by atomic mass is 10.1. The van der Waals surface area contributed by atoms with Gasteiger partial charge in [0, 0.05) is 13.1 Å². The molecule has 0 heterocycles. The highest BCUT2D eigenvalue weighted by Gasteiger charge is 2.19. The third-order valence-corrected chi connectivity index (χ3v) is 6.31. The Hall–Kier alpha value is -1.18. The second kappa shape index (κ2) is 23.6. The topological polar surface area (TPSA) is 101 Å². The average molecular weight is 487 g/mol. The summed E-state index contributed by atoms with van der Waals surface area (Å²) < 4.78 is 0. The van der Waals surface area contributed by atoms with Crippen LogP contribution in [0.5, 0.6) is 0 Å². The van der Waals surface area contributed by atoms with E-state index < -0.39 is 18.0 Å². The molecule has 3 N–H and O–H groups in total. The molecule has 0 radical (unpaired) electrons. The minimum atomic E-state index is -0.895. The SMILES string of the molecule is CCCCCCCCCCN(CC(=O)O)CC(O)CN(CCCCCCCCCC)CC(=O)O. The van der Waals surface area contributed by atoms with Crippen LogP contribution in [0.15, 0.2) is 0 Å². The highest BCUT2D eigenvalue weighted by atomic mass is 16.4. The number of nitrogens with zero attached hydrogens (tertiary/aromatic N) is 2. The first kappa shape index (κ1) is 32.8. The van der Waals surface area contributed by atoms with Gasteiger partial charge in [-0.1, -0.05) is 104 Å². The van der Waals surface area contributed by atoms with Gasteiger partial charge in [0.05, 0.1) is 19.2 Å². The highest BCUT2D eigenvalue weighted by Crippen LogP contribution is 2.11. The van der Waals surface area contributed by atoms with Crippen molar-refractivity contribution in [1.29, 1.82) is 0 Å². The number of carbonyl (C=O) groups is 2. The number of hydrogen-bond donors (Lipinski definition) is 3. The predicted octanol–water partition coefficient (Wildman–Crippen LogP) is 5.40. The number of hydrogen-bond acceptors (Lipinski definition) is 5. The molecule has 0 aromatic heterocycles. The number of aliphatic hydroxyl groups excluding tert-OH is 1. The quantitative estimate of drug-likeness (QED) is 0.141. The monoisotopic (exact) mass is 486 g/mol. The number of rotatable bonds is 26. The van der Waals surface area contributed by atoms with Crippen molar-refractivity contribution in [3.8, 4) is 0 Å². The lowest BCUT2D eigenvalue weighted by Gasteiger charge is -2.27. The zero-order valence-corrected chi connectivity index (χ0v) is 22.2. The van der Waals surface area contributed by atoms with Crippen molar-refractivity contribution in [2.45, 2.75) is 123 Å². The van der Waals surface area contributed by atoms with Crippen LogP contribution in [-0.2, 0) is 9.59 Å². The van der Waals surface area contributed by atoms with Crippen LogP contribution in [0.1, 0.15) is 117 Å². The molecule has 202 valence electrons. The molecule has 0 saturated heterocycles. The Morgan fingerprint density at radius 3 is 1.15 bits per heavy atom. The maximum absolute atomic E-state index is 11.3. The molecule has 0 saturated carbocycles. The van der Waals surface area contributed by atoms with Crippen molar-refractivity contribution in [3.05, 3.63) is 0 Å². The summed E-state index contributed by atoms with van der Waals surface area (Å²) in [6.07, 6.45) is 18.2. The number of carboxylic acids is 2. The summed E-state index contributed by atoms with van der Waals surface area (Å²) in [5, 5.41) is 29.1. The van der Waals surface area contributed by atoms with Crippen LogP contribution in [0.3, 0.4) is 0 Å². The second-order valence-corrected chi connectivity index (χ2v) is 9.86. The van der Waals surface area contributed by atoms with E-state index in [-0.39, 0.29) is 26.2 Å². The Balaban J connectivity index is 4.31. The first-order valence-corrected chi connectivity index (χ1v) is 13.9. The lowest BCUT2D eigenvalue weighted by molar-refractivity contribution is -0.139. The molecule has 0 aromatic rings. The maximum Gasteiger partial charge on any atom is 0.317 e. The number of unbranched alkanes of at least 4 members (excludes halogenated alkanes) is 14. The Bertz CT molecular complexity index is 448. The van der Waals surface area contributed by atoms with Gasteiger partial charge in [-0.25, -0.2) is 0 Å². The Morgan fingerprint density at radius 1 is 0.559 bits per heavy atom. The van der Waals surface area contributed by atoms with Crippen LogP contribution >= 0.6 is 0 Å². The molecule has 0 atom stereocenters. The van der Waals surface area contributed by atoms with Crippen molar-refractivity contribution in [2.24, 2.45) is 0 Å². The third kappa shape index (κ3) is 22.6. The minimum absolute atomic E-state index is 0.0927. The van der Waals surface area contributed by atoms with Gasteiger partial charge in [0.1, 0.15) is 0 Å². The summed E-state index contributed by atoms with van der Waals surface area (Å²) >= 11 is 0. The molecule has 34 heavy (non-hydrogen) atoms. The summed E-state index contributed by atoms with van der Waals surface area (Å²) in [5.74, 6) is -1.79. The number of aliphatic hydroxyl groups is 1. The summed E-state index contributed by atoms with van der Waals surface area (Å²) in [7, 11) is 0. The van der Waals surface area contributed by atoms with Gasteiger partial charge in [-0.15, -0.1) is 0 Å². The maximum atomic E-state index is 11.3. The molecule has 0 bridgehead atoms. The van der Waals surface area contributed by atoms with Crippen LogP contribution in [0.2, 0.25) is 0 Å². The molecule has 0 spiro atoms. The average Bonchev–Trinajstić information content (AvgIpc) is 2.76. The second-order valence-electron chi connectivity index (χ2n) is 9.86. The fourth-order valence-corrected chi connectivity index (χ4v) is 4.44. The molecule has 0 rings (SSSR count). The van der Waals surface area contributed by atoms with E-state index in [1.807, 2.05) is 0 Å². The van der Waals surface area contributed by atoms with E-state index in [9.17, 15) is 24.9 Å². The smallest absolute Gasteiger partial charge is 0.317 e. The first-order valence-electron chi connectivity index (χ1n) is 13.9. The van der Waals surface area contributed by atoms with Gasteiger partial charge in [0.2, 0.25) is 0 Å². The zero-order chi connectivity index (χ0) is 25.4. The molecule has 0 fully saturated rings. The van der Waals surface area contributed by atoms with Crippen molar-refractivity contribution < 1.29 is 24.9 Å². The predicted molar refractivity (Wildman–Crippen MR) is 139 cm³/mol. The Morgan fingerprint density at radius 2 is 0.853 bits per heavy atom. The van der Waals surface area contributed by atoms with Crippen molar-refractivity contribution >= 4 is 11.9 Å². The fourth-order valence-electron chi connectivity index (χ4n) is 4.44. The Kier molecular flexibility index (Phi) is 22.7. The minimum Gasteiger partial charge on any atom is -0.480 e. The highest BCUT2D eigenvalue weighted by molar-refractivity contribution is 5.69. The Labute approximate surface area is 208 Å². The zero-order valence-electron chi connectivity index (χ0n) is 22.2. The van der Waals surface area contributed by atoms with Crippen molar-refractivity contribution in [2.75, 3.05) is 39.3 Å². The van der Waals surface area contributed by atoms with Gasteiger partial charge < -0.3 is 15.3 Å². The summed E-state index contributed by atoms with van der Waals surface area (Å²) in [6, 6.07) is 0. The van der Waals surface area contributed by atoms with Crippen LogP contribution in [0.25, 0.3) is 0 Å².